The summed E-state index contributed by atoms with van der Waals surface area (Å²) in [5.74, 6) is 1.89. The Morgan fingerprint density at radius 3 is 0.961 bits per heavy atom. The number of hydrogen-bond acceptors (Lipinski definition) is 13. The molecule has 0 unspecified atom stereocenters. The van der Waals surface area contributed by atoms with Crippen LogP contribution in [0.3, 0.4) is 0 Å². The SMILES string of the molecule is c1ccc(-c2nc3ccc4ccc5cc(-c6cc7ncccc7c(-c7ccccc7)n6)ccc5c4c3o2)cc1.c1ccc(-c2nc3ccc4ccc5ccc(-c6ccc(-c7nc8ccccc8nc7-c7ccccc7)cc6)cc5c4c3o2)cc1.c1ccc(-c2nc3ccc4ccc5ccc(-c6ccc(-c7nc8ccccc8nc7-c7ccccc7)cn6)cc5c4c3o2)cc1. The van der Waals surface area contributed by atoms with Crippen molar-refractivity contribution in [2.75, 3.05) is 0 Å². The highest BCUT2D eigenvalue weighted by Crippen LogP contribution is 2.44. The van der Waals surface area contributed by atoms with E-state index in [0.29, 0.717) is 17.7 Å². The fourth-order valence-electron chi connectivity index (χ4n) is 17.7. The van der Waals surface area contributed by atoms with Gasteiger partial charge >= 0.3 is 0 Å². The van der Waals surface area contributed by atoms with Crippen LogP contribution in [0.4, 0.5) is 0 Å². The van der Waals surface area contributed by atoms with Gasteiger partial charge in [-0.2, -0.15) is 0 Å². The van der Waals surface area contributed by atoms with E-state index in [9.17, 15) is 0 Å². The molecule has 0 amide bonds. The molecule has 0 bridgehead atoms. The van der Waals surface area contributed by atoms with Gasteiger partial charge in [-0.1, -0.05) is 285 Å². The van der Waals surface area contributed by atoms with Crippen molar-refractivity contribution in [1.82, 2.24) is 49.8 Å². The van der Waals surface area contributed by atoms with E-state index in [0.717, 1.165) is 238 Å². The normalized spacial score (nSPS) is 11.6. The summed E-state index contributed by atoms with van der Waals surface area (Å²) in [4.78, 5) is 49.3. The zero-order valence-electron chi connectivity index (χ0n) is 69.1. The first-order chi connectivity index (χ1) is 63.9. The van der Waals surface area contributed by atoms with Crippen molar-refractivity contribution in [1.29, 1.82) is 0 Å². The number of rotatable bonds is 11. The van der Waals surface area contributed by atoms with Crippen LogP contribution >= 0.6 is 0 Å². The molecule has 0 saturated carbocycles. The first-order valence-corrected chi connectivity index (χ1v) is 42.9. The highest BCUT2D eigenvalue weighted by Gasteiger charge is 2.23. The molecule has 0 aliphatic carbocycles. The molecule has 0 spiro atoms. The van der Waals surface area contributed by atoms with Gasteiger partial charge in [0, 0.05) is 89.6 Å². The van der Waals surface area contributed by atoms with Gasteiger partial charge in [0.25, 0.3) is 0 Å². The predicted octanol–water partition coefficient (Wildman–Crippen LogP) is 30.0. The van der Waals surface area contributed by atoms with Gasteiger partial charge in [-0.15, -0.1) is 0 Å². The van der Waals surface area contributed by atoms with Crippen LogP contribution in [0, 0.1) is 0 Å². The molecule has 8 aromatic heterocycles. The number of pyridine rings is 3. The summed E-state index contributed by atoms with van der Waals surface area (Å²) in [5, 5.41) is 14.4. The van der Waals surface area contributed by atoms with Crippen molar-refractivity contribution in [3.05, 3.63) is 425 Å². The van der Waals surface area contributed by atoms with E-state index >= 15 is 0 Å². The van der Waals surface area contributed by atoms with Gasteiger partial charge in [0.1, 0.15) is 16.6 Å². The molecule has 26 rings (SSSR count). The Morgan fingerprint density at radius 1 is 0.163 bits per heavy atom. The van der Waals surface area contributed by atoms with E-state index in [1.165, 1.54) is 0 Å². The van der Waals surface area contributed by atoms with Crippen molar-refractivity contribution in [3.63, 3.8) is 0 Å². The maximum atomic E-state index is 6.44. The maximum Gasteiger partial charge on any atom is 0.227 e. The van der Waals surface area contributed by atoms with E-state index in [2.05, 4.69) is 199 Å². The summed E-state index contributed by atoms with van der Waals surface area (Å²) in [5.41, 5.74) is 27.8. The number of fused-ring (bicyclic) bond motifs is 18. The number of oxazole rings is 3. The van der Waals surface area contributed by atoms with Crippen LogP contribution in [0.5, 0.6) is 0 Å². The van der Waals surface area contributed by atoms with Gasteiger partial charge < -0.3 is 13.3 Å². The third kappa shape index (κ3) is 14.0. The Hall–Kier alpha value is -17.7. The Labute approximate surface area is 738 Å². The second kappa shape index (κ2) is 31.9. The molecule has 13 heteroatoms. The van der Waals surface area contributed by atoms with Crippen molar-refractivity contribution in [3.8, 4) is 124 Å². The Bertz CT molecular complexity index is 8490. The maximum absolute atomic E-state index is 6.44. The number of benzene rings is 18. The lowest BCUT2D eigenvalue weighted by Gasteiger charge is -2.12. The van der Waals surface area contributed by atoms with Gasteiger partial charge in [0.15, 0.2) is 16.7 Å². The number of aromatic nitrogens is 10. The van der Waals surface area contributed by atoms with Crippen LogP contribution in [0.25, 0.3) is 255 Å². The predicted molar refractivity (Wildman–Crippen MR) is 524 cm³/mol. The van der Waals surface area contributed by atoms with Crippen molar-refractivity contribution >= 4 is 131 Å². The molecule has 13 nitrogen and oxygen atoms in total. The van der Waals surface area contributed by atoms with Gasteiger partial charge in [-0.25, -0.2) is 39.9 Å². The molecule has 0 atom stereocenters. The summed E-state index contributed by atoms with van der Waals surface area (Å²) >= 11 is 0. The molecule has 0 saturated heterocycles. The van der Waals surface area contributed by atoms with Crippen LogP contribution < -0.4 is 0 Å². The topological polar surface area (TPSA) is 168 Å². The van der Waals surface area contributed by atoms with Crippen LogP contribution in [0.1, 0.15) is 0 Å². The van der Waals surface area contributed by atoms with Gasteiger partial charge in [-0.05, 0) is 187 Å². The van der Waals surface area contributed by atoms with E-state index in [1.807, 2.05) is 231 Å². The first-order valence-electron chi connectivity index (χ1n) is 42.9. The second-order valence-corrected chi connectivity index (χ2v) is 32.0. The van der Waals surface area contributed by atoms with Crippen molar-refractivity contribution < 1.29 is 13.3 Å². The molecule has 602 valence electrons. The van der Waals surface area contributed by atoms with Gasteiger partial charge in [0.05, 0.1) is 67.4 Å². The Morgan fingerprint density at radius 2 is 0.504 bits per heavy atom. The van der Waals surface area contributed by atoms with E-state index in [-0.39, 0.29) is 0 Å². The lowest BCUT2D eigenvalue weighted by Crippen LogP contribution is -1.96. The van der Waals surface area contributed by atoms with E-state index in [1.54, 1.807) is 0 Å². The minimum atomic E-state index is 0.621. The monoisotopic (exact) mass is 1650 g/mol. The highest BCUT2D eigenvalue weighted by atomic mass is 16.4. The van der Waals surface area contributed by atoms with Gasteiger partial charge in [-0.3, -0.25) is 9.97 Å². The minimum absolute atomic E-state index is 0.621. The van der Waals surface area contributed by atoms with Crippen LogP contribution in [-0.2, 0) is 0 Å². The fraction of sp³-hybridized carbons (Fsp3) is 0. The number of nitrogens with zero attached hydrogens (tertiary/aromatic N) is 10. The molecular weight excluding hydrogens is 1580 g/mol. The summed E-state index contributed by atoms with van der Waals surface area (Å²) in [6.07, 6.45) is 3.73. The van der Waals surface area contributed by atoms with E-state index in [4.69, 9.17) is 58.1 Å². The molecule has 0 N–H and O–H groups in total. The smallest absolute Gasteiger partial charge is 0.227 e. The minimum Gasteiger partial charge on any atom is -0.435 e. The quantitative estimate of drug-likeness (QED) is 0.112. The molecule has 26 aromatic rings. The molecule has 0 fully saturated rings. The zero-order chi connectivity index (χ0) is 85.2. The lowest BCUT2D eigenvalue weighted by atomic mass is 9.95. The summed E-state index contributed by atoms with van der Waals surface area (Å²) in [6.45, 7) is 0. The standard InChI is InChI=1S/C41H25N3O.C40H24N4O.C35H21N3O/c1-3-9-29(10-4-1)38-39(43-35-14-8-7-13-34(35)42-38)30-20-15-26(16-21-30)32-22-18-27-17-19-28-23-24-36-40(37(28)33(27)25-32)45-41(44-36)31-11-5-2-6-12-31;1-3-9-27(10-4-1)37-38(43-34-14-8-7-13-33(34)42-37)30-20-21-32(41-24-30)29-18-16-25-15-17-26-19-22-35-39(36(26)31(25)23-29)45-40(44-35)28-11-5-2-6-12-28;1-3-8-23(9-4-1)33-28-12-7-19-36-31(28)21-30(37-33)26-15-17-27-25(20-26)14-13-22-16-18-29-34(32(22)27)39-35(38-29)24-10-5-2-6-11-24/h1-25H;1-24H;1-21H. The molecule has 0 aliphatic rings. The Kier molecular flexibility index (Phi) is 18.6. The van der Waals surface area contributed by atoms with E-state index < -0.39 is 0 Å². The fourth-order valence-corrected chi connectivity index (χ4v) is 17.7. The molecule has 8 heterocycles. The third-order valence-corrected chi connectivity index (χ3v) is 24.1. The lowest BCUT2D eigenvalue weighted by molar-refractivity contribution is 0.623. The highest BCUT2D eigenvalue weighted by molar-refractivity contribution is 6.21. The summed E-state index contributed by atoms with van der Waals surface area (Å²) in [6, 6.07) is 141. The zero-order valence-corrected chi connectivity index (χ0v) is 69.1. The summed E-state index contributed by atoms with van der Waals surface area (Å²) in [7, 11) is 0. The molecule has 0 radical (unpaired) electrons. The summed E-state index contributed by atoms with van der Waals surface area (Å²) < 4.78 is 19.2. The molecule has 129 heavy (non-hydrogen) atoms. The van der Waals surface area contributed by atoms with Crippen LogP contribution in [0.2, 0.25) is 0 Å². The van der Waals surface area contributed by atoms with Gasteiger partial charge in [0.2, 0.25) is 17.7 Å². The van der Waals surface area contributed by atoms with Crippen molar-refractivity contribution in [2.45, 2.75) is 0 Å². The number of para-hydroxylation sites is 4. The van der Waals surface area contributed by atoms with Crippen LogP contribution in [-0.4, -0.2) is 49.8 Å². The average Bonchev–Trinajstić information content (AvgIpc) is 1.67. The second-order valence-electron chi connectivity index (χ2n) is 32.0. The first kappa shape index (κ1) is 75.1. The molecule has 18 aromatic carbocycles. The van der Waals surface area contributed by atoms with Crippen molar-refractivity contribution in [2.24, 2.45) is 0 Å². The average molecular weight is 1650 g/mol. The Balaban J connectivity index is 0.000000108. The molecule has 0 aliphatic heterocycles. The third-order valence-electron chi connectivity index (χ3n) is 24.1. The van der Waals surface area contributed by atoms with Crippen LogP contribution in [0.15, 0.2) is 438 Å². The largest absolute Gasteiger partial charge is 0.435 e. The number of hydrogen-bond donors (Lipinski definition) is 0. The molecular formula is C116H70N10O3.